The smallest absolute Gasteiger partial charge is 0.273 e. The molecular formula is C20H22N4O3. The lowest BCUT2D eigenvalue weighted by Crippen LogP contribution is -2.26. The van der Waals surface area contributed by atoms with E-state index in [0.29, 0.717) is 24.5 Å². The van der Waals surface area contributed by atoms with E-state index in [1.807, 2.05) is 49.4 Å². The molecular weight excluding hydrogens is 344 g/mol. The van der Waals surface area contributed by atoms with Crippen molar-refractivity contribution in [1.82, 2.24) is 20.3 Å². The third-order valence-corrected chi connectivity index (χ3v) is 4.17. The number of nitrogens with zero attached hydrogens (tertiary/aromatic N) is 3. The fourth-order valence-corrected chi connectivity index (χ4v) is 2.64. The van der Waals surface area contributed by atoms with Crippen LogP contribution in [-0.2, 0) is 6.42 Å². The van der Waals surface area contributed by atoms with Crippen molar-refractivity contribution in [2.45, 2.75) is 13.3 Å². The molecule has 0 unspecified atom stereocenters. The molecule has 0 bridgehead atoms. The fraction of sp³-hybridized carbons (Fsp3) is 0.250. The fourth-order valence-electron chi connectivity index (χ4n) is 2.64. The summed E-state index contributed by atoms with van der Waals surface area (Å²) in [6.07, 6.45) is 2.29. The van der Waals surface area contributed by atoms with E-state index in [0.717, 1.165) is 16.8 Å². The lowest BCUT2D eigenvalue weighted by atomic mass is 10.1. The molecule has 0 fully saturated rings. The van der Waals surface area contributed by atoms with Crippen molar-refractivity contribution >= 4 is 5.91 Å². The van der Waals surface area contributed by atoms with Gasteiger partial charge in [-0.3, -0.25) is 4.79 Å². The average molecular weight is 366 g/mol. The minimum Gasteiger partial charge on any atom is -0.493 e. The molecule has 0 saturated heterocycles. The first-order valence-corrected chi connectivity index (χ1v) is 8.59. The van der Waals surface area contributed by atoms with Gasteiger partial charge in [-0.1, -0.05) is 29.0 Å². The summed E-state index contributed by atoms with van der Waals surface area (Å²) in [5, 5.41) is 10.8. The molecule has 0 aliphatic rings. The van der Waals surface area contributed by atoms with Crippen LogP contribution in [0.1, 0.15) is 21.6 Å². The maximum Gasteiger partial charge on any atom is 0.273 e. The summed E-state index contributed by atoms with van der Waals surface area (Å²) in [6, 6.07) is 13.5. The molecule has 7 heteroatoms. The van der Waals surface area contributed by atoms with Gasteiger partial charge in [0, 0.05) is 6.54 Å². The molecule has 140 valence electrons. The summed E-state index contributed by atoms with van der Waals surface area (Å²) in [7, 11) is 3.20. The standard InChI is InChI=1S/C20H22N4O3/c1-14-4-7-16(8-5-14)24-13-17(22-23-24)20(25)21-11-10-15-6-9-18(26-2)19(12-15)27-3/h4-9,12-13H,10-11H2,1-3H3,(H,21,25). The highest BCUT2D eigenvalue weighted by Gasteiger charge is 2.11. The van der Waals surface area contributed by atoms with Crippen molar-refractivity contribution in [2.75, 3.05) is 20.8 Å². The van der Waals surface area contributed by atoms with E-state index in [9.17, 15) is 4.79 Å². The maximum atomic E-state index is 12.3. The Balaban J connectivity index is 1.58. The van der Waals surface area contributed by atoms with Crippen molar-refractivity contribution in [3.63, 3.8) is 0 Å². The topological polar surface area (TPSA) is 78.3 Å². The minimum absolute atomic E-state index is 0.256. The molecule has 3 rings (SSSR count). The molecule has 1 heterocycles. The van der Waals surface area contributed by atoms with Crippen molar-refractivity contribution < 1.29 is 14.3 Å². The van der Waals surface area contributed by atoms with E-state index in [4.69, 9.17) is 9.47 Å². The molecule has 0 atom stereocenters. The predicted octanol–water partition coefficient (Wildman–Crippen LogP) is 2.57. The van der Waals surface area contributed by atoms with E-state index in [2.05, 4.69) is 15.6 Å². The Morgan fingerprint density at radius 3 is 2.52 bits per heavy atom. The molecule has 0 radical (unpaired) electrons. The normalized spacial score (nSPS) is 10.5. The van der Waals surface area contributed by atoms with Gasteiger partial charge in [0.1, 0.15) is 0 Å². The number of aromatic nitrogens is 3. The Morgan fingerprint density at radius 2 is 1.81 bits per heavy atom. The highest BCUT2D eigenvalue weighted by Crippen LogP contribution is 2.27. The summed E-state index contributed by atoms with van der Waals surface area (Å²) >= 11 is 0. The number of benzene rings is 2. The second kappa shape index (κ2) is 8.35. The molecule has 27 heavy (non-hydrogen) atoms. The second-order valence-corrected chi connectivity index (χ2v) is 6.08. The van der Waals surface area contributed by atoms with Crippen LogP contribution in [0.2, 0.25) is 0 Å². The number of hydrogen-bond acceptors (Lipinski definition) is 5. The molecule has 1 aromatic heterocycles. The van der Waals surface area contributed by atoms with E-state index in [1.165, 1.54) is 0 Å². The molecule has 1 N–H and O–H groups in total. The molecule has 0 aliphatic heterocycles. The number of carbonyl (C=O) groups excluding carboxylic acids is 1. The van der Waals surface area contributed by atoms with Gasteiger partial charge in [0.2, 0.25) is 0 Å². The quantitative estimate of drug-likeness (QED) is 0.695. The molecule has 3 aromatic rings. The molecule has 1 amide bonds. The van der Waals surface area contributed by atoms with Gasteiger partial charge < -0.3 is 14.8 Å². The van der Waals surface area contributed by atoms with Crippen LogP contribution in [0.5, 0.6) is 11.5 Å². The van der Waals surface area contributed by atoms with E-state index >= 15 is 0 Å². The summed E-state index contributed by atoms with van der Waals surface area (Å²) < 4.78 is 12.1. The van der Waals surface area contributed by atoms with Crippen molar-refractivity contribution in [3.8, 4) is 17.2 Å². The van der Waals surface area contributed by atoms with E-state index in [1.54, 1.807) is 25.1 Å². The SMILES string of the molecule is COc1ccc(CCNC(=O)c2cn(-c3ccc(C)cc3)nn2)cc1OC. The predicted molar refractivity (Wildman–Crippen MR) is 102 cm³/mol. The first kappa shape index (κ1) is 18.4. The largest absolute Gasteiger partial charge is 0.493 e. The Labute approximate surface area is 157 Å². The number of nitrogens with one attached hydrogen (secondary N) is 1. The van der Waals surface area contributed by atoms with Gasteiger partial charge in [-0.05, 0) is 43.2 Å². The summed E-state index contributed by atoms with van der Waals surface area (Å²) in [5.41, 5.74) is 3.34. The summed E-state index contributed by atoms with van der Waals surface area (Å²) in [5.74, 6) is 1.09. The molecule has 2 aromatic carbocycles. The van der Waals surface area contributed by atoms with E-state index < -0.39 is 0 Å². The third-order valence-electron chi connectivity index (χ3n) is 4.17. The number of rotatable bonds is 7. The Hall–Kier alpha value is -3.35. The first-order chi connectivity index (χ1) is 13.1. The van der Waals surface area contributed by atoms with Gasteiger partial charge in [0.05, 0.1) is 26.1 Å². The minimum atomic E-state index is -0.256. The number of amides is 1. The van der Waals surface area contributed by atoms with Gasteiger partial charge in [0.25, 0.3) is 5.91 Å². The monoisotopic (exact) mass is 366 g/mol. The Kier molecular flexibility index (Phi) is 5.71. The number of aryl methyl sites for hydroxylation is 1. The summed E-state index contributed by atoms with van der Waals surface area (Å²) in [4.78, 5) is 12.3. The zero-order valence-corrected chi connectivity index (χ0v) is 15.6. The van der Waals surface area contributed by atoms with Crippen LogP contribution in [0.25, 0.3) is 5.69 Å². The van der Waals surface area contributed by atoms with Crippen LogP contribution in [0.15, 0.2) is 48.7 Å². The van der Waals surface area contributed by atoms with Gasteiger partial charge in [-0.15, -0.1) is 5.10 Å². The summed E-state index contributed by atoms with van der Waals surface area (Å²) in [6.45, 7) is 2.49. The van der Waals surface area contributed by atoms with Crippen molar-refractivity contribution in [1.29, 1.82) is 0 Å². The number of methoxy groups -OCH3 is 2. The second-order valence-electron chi connectivity index (χ2n) is 6.08. The molecule has 0 aliphatic carbocycles. The Bertz CT molecular complexity index is 919. The zero-order valence-electron chi connectivity index (χ0n) is 15.6. The number of ether oxygens (including phenoxy) is 2. The molecule has 0 spiro atoms. The van der Waals surface area contributed by atoms with Crippen LogP contribution in [0.3, 0.4) is 0 Å². The van der Waals surface area contributed by atoms with Gasteiger partial charge in [-0.25, -0.2) is 4.68 Å². The van der Waals surface area contributed by atoms with Gasteiger partial charge in [-0.2, -0.15) is 0 Å². The zero-order chi connectivity index (χ0) is 19.2. The van der Waals surface area contributed by atoms with Crippen molar-refractivity contribution in [2.24, 2.45) is 0 Å². The lowest BCUT2D eigenvalue weighted by Gasteiger charge is -2.09. The molecule has 0 saturated carbocycles. The lowest BCUT2D eigenvalue weighted by molar-refractivity contribution is 0.0949. The maximum absolute atomic E-state index is 12.3. The number of carbonyl (C=O) groups is 1. The Morgan fingerprint density at radius 1 is 1.07 bits per heavy atom. The van der Waals surface area contributed by atoms with Crippen LogP contribution in [-0.4, -0.2) is 41.7 Å². The van der Waals surface area contributed by atoms with Crippen LogP contribution >= 0.6 is 0 Å². The first-order valence-electron chi connectivity index (χ1n) is 8.59. The van der Waals surface area contributed by atoms with Crippen LogP contribution in [0.4, 0.5) is 0 Å². The van der Waals surface area contributed by atoms with Gasteiger partial charge in [0.15, 0.2) is 17.2 Å². The van der Waals surface area contributed by atoms with Crippen molar-refractivity contribution in [3.05, 3.63) is 65.5 Å². The highest BCUT2D eigenvalue weighted by molar-refractivity contribution is 5.91. The van der Waals surface area contributed by atoms with E-state index in [-0.39, 0.29) is 11.6 Å². The highest BCUT2D eigenvalue weighted by atomic mass is 16.5. The number of hydrogen-bond donors (Lipinski definition) is 1. The van der Waals surface area contributed by atoms with Gasteiger partial charge >= 0.3 is 0 Å². The van der Waals surface area contributed by atoms with Crippen LogP contribution < -0.4 is 14.8 Å². The molecule has 7 nitrogen and oxygen atoms in total. The van der Waals surface area contributed by atoms with Crippen LogP contribution in [0, 0.1) is 6.92 Å². The average Bonchev–Trinajstić information content (AvgIpc) is 3.18. The third kappa shape index (κ3) is 4.44.